The van der Waals surface area contributed by atoms with Crippen LogP contribution in [0, 0.1) is 0 Å². The maximum absolute atomic E-state index is 13.0. The second-order valence-corrected chi connectivity index (χ2v) is 9.31. The van der Waals surface area contributed by atoms with Crippen LogP contribution in [0.1, 0.15) is 15.9 Å². The fourth-order valence-corrected chi connectivity index (χ4v) is 4.85. The average Bonchev–Trinajstić information content (AvgIpc) is 3.38. The zero-order valence-electron chi connectivity index (χ0n) is 18.1. The summed E-state index contributed by atoms with van der Waals surface area (Å²) in [5.74, 6) is -0.0729. The molecule has 0 bridgehead atoms. The van der Waals surface area contributed by atoms with Crippen LogP contribution in [0.5, 0.6) is 5.75 Å². The molecule has 1 heterocycles. The van der Waals surface area contributed by atoms with Gasteiger partial charge in [-0.1, -0.05) is 35.9 Å². The predicted molar refractivity (Wildman–Crippen MR) is 130 cm³/mol. The normalized spacial score (nSPS) is 11.1. The van der Waals surface area contributed by atoms with E-state index in [9.17, 15) is 13.2 Å². The third-order valence-electron chi connectivity index (χ3n) is 4.99. The molecule has 174 valence electrons. The maximum atomic E-state index is 13.0. The Hall–Kier alpha value is -3.82. The first kappa shape index (κ1) is 23.3. The van der Waals surface area contributed by atoms with Crippen molar-refractivity contribution >= 4 is 33.2 Å². The number of rotatable bonds is 8. The van der Waals surface area contributed by atoms with E-state index in [2.05, 4.69) is 15.1 Å². The van der Waals surface area contributed by atoms with Crippen LogP contribution in [-0.4, -0.2) is 31.2 Å². The number of nitrogens with zero attached hydrogens (tertiary/aromatic N) is 2. The summed E-state index contributed by atoms with van der Waals surface area (Å²) in [4.78, 5) is 12.5. The molecule has 0 saturated carbocycles. The minimum absolute atomic E-state index is 0.00634. The number of carbonyl (C=O) groups is 1. The summed E-state index contributed by atoms with van der Waals surface area (Å²) >= 11 is 6.17. The molecule has 1 aromatic heterocycles. The first-order valence-electron chi connectivity index (χ1n) is 10.2. The van der Waals surface area contributed by atoms with Gasteiger partial charge in [-0.3, -0.25) is 9.52 Å². The number of carbonyl (C=O) groups excluding carboxylic acids is 1. The molecule has 0 fully saturated rings. The predicted octanol–water partition coefficient (Wildman–Crippen LogP) is 4.27. The Bertz CT molecular complexity index is 1410. The number of ether oxygens (including phenoxy) is 1. The van der Waals surface area contributed by atoms with E-state index in [4.69, 9.17) is 16.3 Å². The van der Waals surface area contributed by atoms with Gasteiger partial charge in [0.1, 0.15) is 10.6 Å². The second-order valence-electron chi connectivity index (χ2n) is 7.25. The van der Waals surface area contributed by atoms with Crippen molar-refractivity contribution < 1.29 is 17.9 Å². The van der Waals surface area contributed by atoms with E-state index in [1.807, 2.05) is 36.5 Å². The number of nitrogens with one attached hydrogen (secondary N) is 2. The lowest BCUT2D eigenvalue weighted by Crippen LogP contribution is -2.23. The summed E-state index contributed by atoms with van der Waals surface area (Å²) in [5.41, 5.74) is 2.20. The molecule has 4 aromatic rings. The fraction of sp³-hybridized carbons (Fsp3) is 0.0833. The molecule has 3 aromatic carbocycles. The summed E-state index contributed by atoms with van der Waals surface area (Å²) in [6.45, 7) is 0.266. The maximum Gasteiger partial charge on any atom is 0.263 e. The number of hydrogen-bond acceptors (Lipinski definition) is 5. The number of benzene rings is 3. The number of sulfonamides is 1. The van der Waals surface area contributed by atoms with Crippen LogP contribution in [0.3, 0.4) is 0 Å². The molecular weight excluding hydrogens is 476 g/mol. The van der Waals surface area contributed by atoms with E-state index < -0.39 is 15.9 Å². The van der Waals surface area contributed by atoms with Crippen LogP contribution in [-0.2, 0) is 16.6 Å². The number of aromatic nitrogens is 2. The molecule has 34 heavy (non-hydrogen) atoms. The Kier molecular flexibility index (Phi) is 6.85. The number of para-hydroxylation sites is 2. The summed E-state index contributed by atoms with van der Waals surface area (Å²) in [6, 6.07) is 20.1. The van der Waals surface area contributed by atoms with Gasteiger partial charge in [-0.2, -0.15) is 5.10 Å². The van der Waals surface area contributed by atoms with E-state index in [-0.39, 0.29) is 27.7 Å². The molecule has 0 aliphatic carbocycles. The third-order valence-corrected chi connectivity index (χ3v) is 6.84. The first-order chi connectivity index (χ1) is 16.4. The van der Waals surface area contributed by atoms with Crippen molar-refractivity contribution in [2.75, 3.05) is 11.8 Å². The molecule has 1 amide bonds. The van der Waals surface area contributed by atoms with Crippen LogP contribution >= 0.6 is 11.6 Å². The van der Waals surface area contributed by atoms with Gasteiger partial charge in [0, 0.05) is 24.5 Å². The Morgan fingerprint density at radius 2 is 1.82 bits per heavy atom. The molecule has 0 saturated heterocycles. The van der Waals surface area contributed by atoms with Gasteiger partial charge in [-0.15, -0.1) is 0 Å². The first-order valence-corrected chi connectivity index (χ1v) is 12.1. The van der Waals surface area contributed by atoms with Gasteiger partial charge in [0.25, 0.3) is 15.9 Å². The van der Waals surface area contributed by atoms with Gasteiger partial charge in [0.15, 0.2) is 0 Å². The number of halogens is 1. The Morgan fingerprint density at radius 3 is 2.53 bits per heavy atom. The fourth-order valence-electron chi connectivity index (χ4n) is 3.25. The van der Waals surface area contributed by atoms with Crippen molar-refractivity contribution in [2.24, 2.45) is 0 Å². The van der Waals surface area contributed by atoms with Gasteiger partial charge in [-0.05, 0) is 54.1 Å². The van der Waals surface area contributed by atoms with Gasteiger partial charge in [0.05, 0.1) is 23.5 Å². The average molecular weight is 497 g/mol. The number of anilines is 1. The molecule has 0 unspecified atom stereocenters. The Balaban J connectivity index is 1.48. The van der Waals surface area contributed by atoms with E-state index in [0.717, 1.165) is 11.3 Å². The summed E-state index contributed by atoms with van der Waals surface area (Å²) in [5, 5.41) is 6.97. The molecular formula is C24H21ClN4O4S. The molecule has 2 N–H and O–H groups in total. The molecule has 0 aliphatic heterocycles. The topological polar surface area (TPSA) is 102 Å². The van der Waals surface area contributed by atoms with Crippen LogP contribution in [0.2, 0.25) is 5.02 Å². The van der Waals surface area contributed by atoms with Gasteiger partial charge < -0.3 is 10.1 Å². The molecule has 8 nitrogen and oxygen atoms in total. The minimum Gasteiger partial charge on any atom is -0.495 e. The largest absolute Gasteiger partial charge is 0.495 e. The number of hydrogen-bond donors (Lipinski definition) is 2. The zero-order chi connectivity index (χ0) is 24.1. The van der Waals surface area contributed by atoms with Crippen molar-refractivity contribution in [3.63, 3.8) is 0 Å². The van der Waals surface area contributed by atoms with E-state index in [1.54, 1.807) is 35.1 Å². The summed E-state index contributed by atoms with van der Waals surface area (Å²) < 4.78 is 35.4. The quantitative estimate of drug-likeness (QED) is 0.379. The van der Waals surface area contributed by atoms with Crippen molar-refractivity contribution in [1.82, 2.24) is 15.1 Å². The highest BCUT2D eigenvalue weighted by Gasteiger charge is 2.21. The van der Waals surface area contributed by atoms with E-state index in [1.165, 1.54) is 25.3 Å². The second kappa shape index (κ2) is 9.98. The van der Waals surface area contributed by atoms with Gasteiger partial charge in [-0.25, -0.2) is 13.1 Å². The van der Waals surface area contributed by atoms with Gasteiger partial charge >= 0.3 is 0 Å². The highest BCUT2D eigenvalue weighted by atomic mass is 35.5. The molecule has 0 spiro atoms. The van der Waals surface area contributed by atoms with Crippen molar-refractivity contribution in [1.29, 1.82) is 0 Å². The lowest BCUT2D eigenvalue weighted by atomic mass is 10.2. The number of methoxy groups -OCH3 is 1. The van der Waals surface area contributed by atoms with E-state index in [0.29, 0.717) is 5.75 Å². The van der Waals surface area contributed by atoms with Crippen molar-refractivity contribution in [3.05, 3.63) is 101 Å². The molecule has 0 radical (unpaired) electrons. The smallest absolute Gasteiger partial charge is 0.263 e. The SMILES string of the molecule is COc1ccccc1NS(=O)(=O)c1cc(C(=O)NCc2ccc(-n3cccn3)cc2)ccc1Cl. The lowest BCUT2D eigenvalue weighted by molar-refractivity contribution is 0.0950. The van der Waals surface area contributed by atoms with Crippen LogP contribution in [0.15, 0.2) is 90.1 Å². The van der Waals surface area contributed by atoms with Crippen molar-refractivity contribution in [3.8, 4) is 11.4 Å². The molecule has 4 rings (SSSR count). The Morgan fingerprint density at radius 1 is 1.06 bits per heavy atom. The zero-order valence-corrected chi connectivity index (χ0v) is 19.7. The highest BCUT2D eigenvalue weighted by Crippen LogP contribution is 2.29. The number of amides is 1. The standard InChI is InChI=1S/C24H21ClN4O4S/c1-33-22-6-3-2-5-21(22)28-34(31,32)23-15-18(9-12-20(23)25)24(30)26-16-17-7-10-19(11-8-17)29-14-4-13-27-29/h2-15,28H,16H2,1H3,(H,26,30). The molecule has 10 heteroatoms. The summed E-state index contributed by atoms with van der Waals surface area (Å²) in [7, 11) is -2.64. The minimum atomic E-state index is -4.08. The van der Waals surface area contributed by atoms with Gasteiger partial charge in [0.2, 0.25) is 0 Å². The van der Waals surface area contributed by atoms with Crippen LogP contribution < -0.4 is 14.8 Å². The van der Waals surface area contributed by atoms with Crippen molar-refractivity contribution in [2.45, 2.75) is 11.4 Å². The van der Waals surface area contributed by atoms with E-state index >= 15 is 0 Å². The van der Waals surface area contributed by atoms with Crippen LogP contribution in [0.4, 0.5) is 5.69 Å². The molecule has 0 aliphatic rings. The van der Waals surface area contributed by atoms with Crippen LogP contribution in [0.25, 0.3) is 5.69 Å². The monoisotopic (exact) mass is 496 g/mol. The summed E-state index contributed by atoms with van der Waals surface area (Å²) in [6.07, 6.45) is 3.53. The third kappa shape index (κ3) is 5.22. The Labute approximate surface area is 202 Å². The highest BCUT2D eigenvalue weighted by molar-refractivity contribution is 7.92. The lowest BCUT2D eigenvalue weighted by Gasteiger charge is -2.13. The molecule has 0 atom stereocenters.